The Labute approximate surface area is 292 Å². The summed E-state index contributed by atoms with van der Waals surface area (Å²) < 4.78 is 0. The van der Waals surface area contributed by atoms with E-state index in [-0.39, 0.29) is 0 Å². The average Bonchev–Trinajstić information content (AvgIpc) is 3.13. The highest BCUT2D eigenvalue weighted by Gasteiger charge is 2.07. The minimum atomic E-state index is 0.612. The molecule has 0 aliphatic carbocycles. The second-order valence-corrected chi connectivity index (χ2v) is 12.5. The maximum Gasteiger partial charge on any atom is 0.137 e. The van der Waals surface area contributed by atoms with Crippen LogP contribution in [0.4, 0.5) is 11.6 Å². The third kappa shape index (κ3) is 7.84. The zero-order valence-electron chi connectivity index (χ0n) is 28.7. The first-order valence-corrected chi connectivity index (χ1v) is 16.6. The van der Waals surface area contributed by atoms with Gasteiger partial charge in [0, 0.05) is 23.9 Å². The van der Waals surface area contributed by atoms with Crippen molar-refractivity contribution in [2.45, 2.75) is 40.5 Å². The molecule has 50 heavy (non-hydrogen) atoms. The zero-order valence-corrected chi connectivity index (χ0v) is 28.7. The van der Waals surface area contributed by atoms with Gasteiger partial charge in [0.1, 0.15) is 24.3 Å². The van der Waals surface area contributed by atoms with Gasteiger partial charge < -0.3 is 10.6 Å². The molecular weight excluding hydrogens is 617 g/mol. The molecule has 0 fully saturated rings. The molecule has 0 saturated heterocycles. The van der Waals surface area contributed by atoms with Crippen LogP contribution in [0.2, 0.25) is 0 Å². The fourth-order valence-corrected chi connectivity index (χ4v) is 5.87. The van der Waals surface area contributed by atoms with Crippen LogP contribution in [0.3, 0.4) is 0 Å². The second-order valence-electron chi connectivity index (χ2n) is 12.5. The Kier molecular flexibility index (Phi) is 10.2. The van der Waals surface area contributed by atoms with E-state index >= 15 is 0 Å². The molecule has 2 heterocycles. The number of nitrogens with one attached hydrogen (secondary N) is 2. The van der Waals surface area contributed by atoms with Crippen LogP contribution >= 0.6 is 0 Å². The summed E-state index contributed by atoms with van der Waals surface area (Å²) >= 11 is 0. The van der Waals surface area contributed by atoms with E-state index in [9.17, 15) is 0 Å². The number of nitriles is 2. The third-order valence-electron chi connectivity index (χ3n) is 9.03. The molecule has 0 aliphatic rings. The fourth-order valence-electron chi connectivity index (χ4n) is 5.87. The molecule has 0 unspecified atom stereocenters. The van der Waals surface area contributed by atoms with Gasteiger partial charge in [-0.2, -0.15) is 10.5 Å². The highest BCUT2D eigenvalue weighted by molar-refractivity contribution is 5.90. The summed E-state index contributed by atoms with van der Waals surface area (Å²) in [7, 11) is 0. The van der Waals surface area contributed by atoms with Crippen molar-refractivity contribution < 1.29 is 0 Å². The molecule has 0 atom stereocenters. The predicted molar refractivity (Wildman–Crippen MR) is 202 cm³/mol. The van der Waals surface area contributed by atoms with Gasteiger partial charge in [-0.05, 0) is 121 Å². The van der Waals surface area contributed by atoms with Gasteiger partial charge in [-0.3, -0.25) is 0 Å². The lowest BCUT2D eigenvalue weighted by Crippen LogP contribution is -2.07. The topological polar surface area (TPSA) is 123 Å². The first-order chi connectivity index (χ1) is 24.3. The lowest BCUT2D eigenvalue weighted by molar-refractivity contribution is 1.00. The molecule has 8 heteroatoms. The van der Waals surface area contributed by atoms with E-state index in [2.05, 4.69) is 119 Å². The van der Waals surface area contributed by atoms with Crippen molar-refractivity contribution in [3.8, 4) is 12.1 Å². The number of anilines is 2. The molecule has 2 N–H and O–H groups in total. The van der Waals surface area contributed by atoms with E-state index in [1.54, 1.807) is 24.8 Å². The van der Waals surface area contributed by atoms with Gasteiger partial charge >= 0.3 is 0 Å². The Morgan fingerprint density at radius 1 is 0.500 bits per heavy atom. The number of hydrogen-bond donors (Lipinski definition) is 2. The number of aromatic nitrogens is 4. The molecule has 0 radical (unpaired) electrons. The zero-order chi connectivity index (χ0) is 35.0. The maximum absolute atomic E-state index is 9.12. The van der Waals surface area contributed by atoms with E-state index in [1.807, 2.05) is 24.3 Å². The maximum atomic E-state index is 9.12. The molecule has 8 nitrogen and oxygen atoms in total. The van der Waals surface area contributed by atoms with Crippen LogP contribution in [0.25, 0.3) is 32.6 Å². The Morgan fingerprint density at radius 2 is 1.00 bits per heavy atom. The number of fused-ring (bicyclic) bond motifs is 3. The Morgan fingerprint density at radius 3 is 1.54 bits per heavy atom. The molecule has 7 aromatic rings. The fraction of sp³-hybridized carbons (Fsp3) is 0.190. The van der Waals surface area contributed by atoms with Gasteiger partial charge in [0.05, 0.1) is 34.3 Å². The minimum absolute atomic E-state index is 0.612. The van der Waals surface area contributed by atoms with Crippen molar-refractivity contribution in [2.75, 3.05) is 23.7 Å². The highest BCUT2D eigenvalue weighted by Crippen LogP contribution is 2.23. The molecular formula is C42H38N8. The molecule has 7 rings (SSSR count). The second kappa shape index (κ2) is 15.2. The smallest absolute Gasteiger partial charge is 0.137 e. The number of hydrogen-bond acceptors (Lipinski definition) is 8. The predicted octanol–water partition coefficient (Wildman–Crippen LogP) is 8.70. The molecule has 0 aliphatic heterocycles. The highest BCUT2D eigenvalue weighted by atomic mass is 15.0. The van der Waals surface area contributed by atoms with Crippen molar-refractivity contribution in [1.29, 1.82) is 10.5 Å². The number of nitrogens with zero attached hydrogens (tertiary/aromatic N) is 6. The largest absolute Gasteiger partial charge is 0.369 e. The van der Waals surface area contributed by atoms with Crippen molar-refractivity contribution >= 4 is 44.2 Å². The molecule has 0 saturated carbocycles. The number of aryl methyl sites for hydroxylation is 4. The number of rotatable bonds is 8. The van der Waals surface area contributed by atoms with Crippen molar-refractivity contribution in [3.05, 3.63) is 142 Å². The minimum Gasteiger partial charge on any atom is -0.369 e. The third-order valence-corrected chi connectivity index (χ3v) is 9.03. The van der Waals surface area contributed by atoms with Crippen LogP contribution < -0.4 is 10.6 Å². The Hall–Kier alpha value is -6.38. The van der Waals surface area contributed by atoms with Crippen LogP contribution in [0.1, 0.15) is 44.5 Å². The summed E-state index contributed by atoms with van der Waals surface area (Å²) in [4.78, 5) is 17.2. The summed E-state index contributed by atoms with van der Waals surface area (Å²) in [6.45, 7) is 10.1. The summed E-state index contributed by atoms with van der Waals surface area (Å²) in [5.74, 6) is 1.54. The van der Waals surface area contributed by atoms with Gasteiger partial charge in [0.25, 0.3) is 0 Å². The Balaban J connectivity index is 0.000000175. The quantitative estimate of drug-likeness (QED) is 0.167. The summed E-state index contributed by atoms with van der Waals surface area (Å²) in [5, 5.41) is 29.2. The van der Waals surface area contributed by atoms with E-state index in [1.165, 1.54) is 44.2 Å². The monoisotopic (exact) mass is 654 g/mol. The molecule has 0 bridgehead atoms. The van der Waals surface area contributed by atoms with Gasteiger partial charge in [-0.1, -0.05) is 48.5 Å². The van der Waals surface area contributed by atoms with Gasteiger partial charge in [0.2, 0.25) is 0 Å². The van der Waals surface area contributed by atoms with E-state index in [0.717, 1.165) is 59.4 Å². The van der Waals surface area contributed by atoms with Crippen LogP contribution in [-0.4, -0.2) is 33.0 Å². The molecule has 0 amide bonds. The van der Waals surface area contributed by atoms with E-state index < -0.39 is 0 Å². The van der Waals surface area contributed by atoms with E-state index in [0.29, 0.717) is 11.1 Å². The van der Waals surface area contributed by atoms with Crippen molar-refractivity contribution in [2.24, 2.45) is 0 Å². The first-order valence-electron chi connectivity index (χ1n) is 16.6. The summed E-state index contributed by atoms with van der Waals surface area (Å²) in [5.41, 5.74) is 10.8. The molecule has 0 spiro atoms. The number of benzene rings is 5. The lowest BCUT2D eigenvalue weighted by Gasteiger charge is -2.10. The average molecular weight is 655 g/mol. The van der Waals surface area contributed by atoms with Gasteiger partial charge in [-0.15, -0.1) is 0 Å². The summed E-state index contributed by atoms with van der Waals surface area (Å²) in [6, 6.07) is 32.9. The van der Waals surface area contributed by atoms with Gasteiger partial charge in [0.15, 0.2) is 0 Å². The summed E-state index contributed by atoms with van der Waals surface area (Å²) in [6.07, 6.45) is 4.92. The van der Waals surface area contributed by atoms with Crippen molar-refractivity contribution in [1.82, 2.24) is 19.9 Å². The molecule has 246 valence electrons. The molecule has 5 aromatic carbocycles. The molecule has 2 aromatic heterocycles. The van der Waals surface area contributed by atoms with Crippen LogP contribution in [0.15, 0.2) is 97.6 Å². The Bertz CT molecular complexity index is 2420. The van der Waals surface area contributed by atoms with Crippen LogP contribution in [0.5, 0.6) is 0 Å². The van der Waals surface area contributed by atoms with Gasteiger partial charge in [-0.25, -0.2) is 19.9 Å². The van der Waals surface area contributed by atoms with Crippen molar-refractivity contribution in [3.63, 3.8) is 0 Å². The standard InChI is InChI=1S/C23H20N4.C19H18N4/c1-15-9-19-5-3-17(11-20(19)10-16(15)2)7-8-25-23-21-12-18(13-24)4-6-22(21)26-14-27-23;1-13-3-4-15(9-14(13)2)7-8-21-19-17-10-16(11-20)5-6-18(17)22-12-23-19/h3-6,9-12,14H,7-8H2,1-2H3,(H,25,26,27);3-6,9-10,12H,7-8H2,1-2H3,(H,21,22,23). The van der Waals surface area contributed by atoms with Crippen LogP contribution in [0, 0.1) is 50.4 Å². The van der Waals surface area contributed by atoms with Crippen LogP contribution in [-0.2, 0) is 12.8 Å². The lowest BCUT2D eigenvalue weighted by atomic mass is 10.00. The SMILES string of the molecule is Cc1cc2ccc(CCNc3ncnc4ccc(C#N)cc34)cc2cc1C.Cc1ccc(CCNc2ncnc3ccc(C#N)cc23)cc1C. The first kappa shape index (κ1) is 33.5. The normalized spacial score (nSPS) is 10.7. The van der Waals surface area contributed by atoms with E-state index in [4.69, 9.17) is 10.5 Å².